The highest BCUT2D eigenvalue weighted by molar-refractivity contribution is 6.04. The number of carbonyl (C=O) groups is 1. The second kappa shape index (κ2) is 5.82. The zero-order chi connectivity index (χ0) is 16.7. The molecule has 4 rings (SSSR count). The summed E-state index contributed by atoms with van der Waals surface area (Å²) < 4.78 is 13.7. The summed E-state index contributed by atoms with van der Waals surface area (Å²) in [5.41, 5.74) is 3.07. The van der Waals surface area contributed by atoms with Crippen molar-refractivity contribution >= 4 is 23.1 Å². The number of anilines is 3. The first-order valence-corrected chi connectivity index (χ1v) is 8.34. The molecule has 2 amide bonds. The number of para-hydroxylation sites is 2. The molecular weight excluding hydrogens is 305 g/mol. The average Bonchev–Trinajstić information content (AvgIpc) is 3.06. The number of nitrogens with one attached hydrogen (secondary N) is 1. The molecule has 2 aliphatic rings. The van der Waals surface area contributed by atoms with Gasteiger partial charge in [0.1, 0.15) is 5.82 Å². The SMILES string of the molecule is Cc1ccc(NC(=O)N2C[C@H]3CCCN3c3ccccc32)cc1F. The summed E-state index contributed by atoms with van der Waals surface area (Å²) in [5, 5.41) is 2.83. The molecule has 2 aromatic rings. The maximum Gasteiger partial charge on any atom is 0.326 e. The van der Waals surface area contributed by atoms with E-state index in [9.17, 15) is 9.18 Å². The minimum Gasteiger partial charge on any atom is -0.365 e. The Hall–Kier alpha value is -2.56. The predicted molar refractivity (Wildman–Crippen MR) is 94.3 cm³/mol. The van der Waals surface area contributed by atoms with E-state index in [1.54, 1.807) is 24.0 Å². The van der Waals surface area contributed by atoms with Gasteiger partial charge < -0.3 is 10.2 Å². The third kappa shape index (κ3) is 2.50. The molecule has 5 heteroatoms. The van der Waals surface area contributed by atoms with Crippen LogP contribution in [0, 0.1) is 12.7 Å². The number of fused-ring (bicyclic) bond motifs is 3. The molecular formula is C19H20FN3O. The summed E-state index contributed by atoms with van der Waals surface area (Å²) in [5.74, 6) is -0.311. The predicted octanol–water partition coefficient (Wildman–Crippen LogP) is 4.16. The standard InChI is InChI=1S/C19H20FN3O/c1-13-8-9-14(11-16(13)20)21-19(24)23-12-15-5-4-10-22(15)17-6-2-3-7-18(17)23/h2-3,6-9,11,15H,4-5,10,12H2,1H3,(H,21,24)/t15-/m1/s1. The van der Waals surface area contributed by atoms with Gasteiger partial charge in [-0.3, -0.25) is 4.90 Å². The number of carbonyl (C=O) groups excluding carboxylic acids is 1. The molecule has 2 heterocycles. The lowest BCUT2D eigenvalue weighted by molar-refractivity contribution is 0.256. The van der Waals surface area contributed by atoms with E-state index >= 15 is 0 Å². The van der Waals surface area contributed by atoms with E-state index in [1.165, 1.54) is 6.07 Å². The van der Waals surface area contributed by atoms with E-state index in [0.717, 1.165) is 30.8 Å². The summed E-state index contributed by atoms with van der Waals surface area (Å²) in [4.78, 5) is 17.0. The van der Waals surface area contributed by atoms with Gasteiger partial charge in [0.2, 0.25) is 0 Å². The van der Waals surface area contributed by atoms with Gasteiger partial charge in [-0.1, -0.05) is 18.2 Å². The molecule has 1 atom stereocenters. The number of halogens is 1. The van der Waals surface area contributed by atoms with E-state index in [-0.39, 0.29) is 11.8 Å². The molecule has 0 radical (unpaired) electrons. The Balaban J connectivity index is 1.62. The molecule has 0 bridgehead atoms. The number of rotatable bonds is 1. The van der Waals surface area contributed by atoms with Crippen molar-refractivity contribution < 1.29 is 9.18 Å². The van der Waals surface area contributed by atoms with Crippen molar-refractivity contribution in [3.05, 3.63) is 53.8 Å². The Bertz CT molecular complexity index is 792. The second-order valence-corrected chi connectivity index (χ2v) is 6.48. The van der Waals surface area contributed by atoms with E-state index < -0.39 is 0 Å². The number of urea groups is 1. The lowest BCUT2D eigenvalue weighted by atomic mass is 10.1. The number of hydrogen-bond acceptors (Lipinski definition) is 2. The fraction of sp³-hybridized carbons (Fsp3) is 0.316. The zero-order valence-electron chi connectivity index (χ0n) is 13.6. The number of amides is 2. The molecule has 2 aromatic carbocycles. The molecule has 1 saturated heterocycles. The summed E-state index contributed by atoms with van der Waals surface area (Å²) in [6.45, 7) is 3.41. The molecule has 4 nitrogen and oxygen atoms in total. The first-order valence-electron chi connectivity index (χ1n) is 8.34. The van der Waals surface area contributed by atoms with E-state index in [1.807, 2.05) is 18.2 Å². The lowest BCUT2D eigenvalue weighted by Gasteiger charge is -2.40. The van der Waals surface area contributed by atoms with Crippen LogP contribution in [0.2, 0.25) is 0 Å². The molecule has 2 aliphatic heterocycles. The Morgan fingerprint density at radius 1 is 1.21 bits per heavy atom. The van der Waals surface area contributed by atoms with Crippen LogP contribution in [-0.2, 0) is 0 Å². The normalized spacial score (nSPS) is 19.0. The van der Waals surface area contributed by atoms with Gasteiger partial charge in [0.25, 0.3) is 0 Å². The first kappa shape index (κ1) is 15.0. The van der Waals surface area contributed by atoms with E-state index in [4.69, 9.17) is 0 Å². The largest absolute Gasteiger partial charge is 0.365 e. The summed E-state index contributed by atoms with van der Waals surface area (Å²) >= 11 is 0. The van der Waals surface area contributed by atoms with Crippen LogP contribution in [0.3, 0.4) is 0 Å². The molecule has 0 saturated carbocycles. The van der Waals surface area contributed by atoms with Gasteiger partial charge in [-0.05, 0) is 49.6 Å². The van der Waals surface area contributed by atoms with Crippen molar-refractivity contribution in [1.29, 1.82) is 0 Å². The van der Waals surface area contributed by atoms with Crippen molar-refractivity contribution in [3.8, 4) is 0 Å². The highest BCUT2D eigenvalue weighted by atomic mass is 19.1. The monoisotopic (exact) mass is 325 g/mol. The fourth-order valence-electron chi connectivity index (χ4n) is 3.64. The van der Waals surface area contributed by atoms with Crippen molar-refractivity contribution in [2.45, 2.75) is 25.8 Å². The zero-order valence-corrected chi connectivity index (χ0v) is 13.6. The van der Waals surface area contributed by atoms with E-state index in [0.29, 0.717) is 23.8 Å². The summed E-state index contributed by atoms with van der Waals surface area (Å²) in [6.07, 6.45) is 2.24. The van der Waals surface area contributed by atoms with Gasteiger partial charge in [-0.25, -0.2) is 9.18 Å². The van der Waals surface area contributed by atoms with Crippen molar-refractivity contribution in [2.75, 3.05) is 28.2 Å². The van der Waals surface area contributed by atoms with Gasteiger partial charge in [0, 0.05) is 24.8 Å². The molecule has 124 valence electrons. The minimum absolute atomic E-state index is 0.211. The maximum atomic E-state index is 13.7. The van der Waals surface area contributed by atoms with Crippen LogP contribution < -0.4 is 15.1 Å². The Morgan fingerprint density at radius 3 is 2.79 bits per heavy atom. The van der Waals surface area contributed by atoms with Crippen molar-refractivity contribution in [1.82, 2.24) is 0 Å². The average molecular weight is 325 g/mol. The third-order valence-electron chi connectivity index (χ3n) is 4.92. The minimum atomic E-state index is -0.311. The highest BCUT2D eigenvalue weighted by Gasteiger charge is 2.36. The third-order valence-corrected chi connectivity index (χ3v) is 4.92. The van der Waals surface area contributed by atoms with Crippen molar-refractivity contribution in [2.24, 2.45) is 0 Å². The van der Waals surface area contributed by atoms with Crippen LogP contribution in [0.1, 0.15) is 18.4 Å². The van der Waals surface area contributed by atoms with Crippen LogP contribution >= 0.6 is 0 Å². The van der Waals surface area contributed by atoms with Crippen LogP contribution in [0.4, 0.5) is 26.2 Å². The molecule has 1 N–H and O–H groups in total. The van der Waals surface area contributed by atoms with Crippen LogP contribution in [0.15, 0.2) is 42.5 Å². The van der Waals surface area contributed by atoms with Gasteiger partial charge in [-0.2, -0.15) is 0 Å². The maximum absolute atomic E-state index is 13.7. The van der Waals surface area contributed by atoms with Crippen LogP contribution in [0.5, 0.6) is 0 Å². The van der Waals surface area contributed by atoms with Gasteiger partial charge >= 0.3 is 6.03 Å². The van der Waals surface area contributed by atoms with Gasteiger partial charge in [-0.15, -0.1) is 0 Å². The Labute approximate surface area is 140 Å². The topological polar surface area (TPSA) is 35.6 Å². The molecule has 0 aliphatic carbocycles. The number of nitrogens with zero attached hydrogens (tertiary/aromatic N) is 2. The highest BCUT2D eigenvalue weighted by Crippen LogP contribution is 2.39. The van der Waals surface area contributed by atoms with Crippen molar-refractivity contribution in [3.63, 3.8) is 0 Å². The van der Waals surface area contributed by atoms with E-state index in [2.05, 4.69) is 16.3 Å². The Morgan fingerprint density at radius 2 is 2.00 bits per heavy atom. The number of benzene rings is 2. The Kier molecular flexibility index (Phi) is 3.63. The second-order valence-electron chi connectivity index (χ2n) is 6.48. The number of hydrogen-bond donors (Lipinski definition) is 1. The summed E-state index contributed by atoms with van der Waals surface area (Å²) in [6, 6.07) is 12.9. The van der Waals surface area contributed by atoms with Gasteiger partial charge in [0.15, 0.2) is 0 Å². The smallest absolute Gasteiger partial charge is 0.326 e. The first-order chi connectivity index (χ1) is 11.6. The molecule has 0 aromatic heterocycles. The molecule has 1 fully saturated rings. The lowest BCUT2D eigenvalue weighted by Crippen LogP contribution is -2.49. The molecule has 0 unspecified atom stereocenters. The van der Waals surface area contributed by atoms with Crippen LogP contribution in [-0.4, -0.2) is 25.2 Å². The number of aryl methyl sites for hydroxylation is 1. The fourth-order valence-corrected chi connectivity index (χ4v) is 3.64. The molecule has 0 spiro atoms. The quantitative estimate of drug-likeness (QED) is 0.855. The summed E-state index contributed by atoms with van der Waals surface area (Å²) in [7, 11) is 0. The van der Waals surface area contributed by atoms with Gasteiger partial charge in [0.05, 0.1) is 11.4 Å². The van der Waals surface area contributed by atoms with Crippen LogP contribution in [0.25, 0.3) is 0 Å². The molecule has 24 heavy (non-hydrogen) atoms.